The number of fused-ring (bicyclic) bond motifs is 1. The Morgan fingerprint density at radius 3 is 2.18 bits per heavy atom. The van der Waals surface area contributed by atoms with E-state index in [4.69, 9.17) is 38.5 Å². The minimum absolute atomic E-state index is 0.0941. The first kappa shape index (κ1) is 27.4. The summed E-state index contributed by atoms with van der Waals surface area (Å²) in [6.45, 7) is 5.59. The second-order valence-corrected chi connectivity index (χ2v) is 9.21. The Kier molecular flexibility index (Phi) is 10.6. The van der Waals surface area contributed by atoms with Gasteiger partial charge in [-0.1, -0.05) is 0 Å². The Hall–Kier alpha value is -2.84. The summed E-state index contributed by atoms with van der Waals surface area (Å²) in [4.78, 5) is 45.8. The summed E-state index contributed by atoms with van der Waals surface area (Å²) in [5.41, 5.74) is 6.73. The van der Waals surface area contributed by atoms with Gasteiger partial charge in [0.15, 0.2) is 11.5 Å². The molecule has 34 heavy (non-hydrogen) atoms. The van der Waals surface area contributed by atoms with Gasteiger partial charge in [-0.15, -0.1) is 9.05 Å². The number of carbonyl (C=O) groups is 2. The molecule has 2 aromatic heterocycles. The van der Waals surface area contributed by atoms with Gasteiger partial charge in [0.1, 0.15) is 11.8 Å². The molecule has 15 nitrogen and oxygen atoms in total. The number of ether oxygens (including phenoxy) is 5. The van der Waals surface area contributed by atoms with Gasteiger partial charge >= 0.3 is 20.3 Å². The van der Waals surface area contributed by atoms with Crippen LogP contribution in [-0.2, 0) is 39.3 Å². The lowest BCUT2D eigenvalue weighted by Gasteiger charge is -2.17. The van der Waals surface area contributed by atoms with E-state index in [1.807, 2.05) is 0 Å². The molecular weight excluding hydrogens is 477 g/mol. The van der Waals surface area contributed by atoms with Gasteiger partial charge in [-0.3, -0.25) is 0 Å². The first-order valence-corrected chi connectivity index (χ1v) is 11.9. The van der Waals surface area contributed by atoms with Crippen molar-refractivity contribution in [2.24, 2.45) is 0 Å². The maximum atomic E-state index is 11.5. The number of imidazole rings is 1. The molecule has 16 heteroatoms. The second kappa shape index (κ2) is 13.2. The fraction of sp³-hybridized carbons (Fsp3) is 0.611. The average molecular weight is 506 g/mol. The standard InChI is InChI=1S/C18H29N5O10P/c1-12(2)32-17(24)28-9-30-34(26,31-10-29-18(25)33-13(3)4)11-27-6-5-23-8-22-14-15(19)20-7-21-16(14)23/h7-8,12-13,26H,5-6,9-11H2,1-4H3,(H2,19,20,21)/q+1. The van der Waals surface area contributed by atoms with E-state index in [9.17, 15) is 14.5 Å². The molecule has 0 atom stereocenters. The molecule has 0 bridgehead atoms. The summed E-state index contributed by atoms with van der Waals surface area (Å²) in [5, 5.41) is 0. The van der Waals surface area contributed by atoms with Crippen LogP contribution in [0.25, 0.3) is 11.2 Å². The van der Waals surface area contributed by atoms with Crippen molar-refractivity contribution < 1.29 is 47.2 Å². The molecule has 0 aromatic carbocycles. The van der Waals surface area contributed by atoms with Crippen LogP contribution in [0.5, 0.6) is 0 Å². The molecule has 2 aromatic rings. The highest BCUT2D eigenvalue weighted by Gasteiger charge is 2.43. The lowest BCUT2D eigenvalue weighted by Crippen LogP contribution is -2.19. The zero-order valence-corrected chi connectivity index (χ0v) is 20.2. The maximum Gasteiger partial charge on any atom is 0.510 e. The Labute approximate surface area is 196 Å². The SMILES string of the molecule is CC(C)OC(=O)OCO[P+](O)(COCCn1cnc2c(N)ncnc21)OCOC(=O)OC(C)C. The number of carbonyl (C=O) groups excluding carboxylic acids is 2. The Morgan fingerprint density at radius 2 is 1.62 bits per heavy atom. The number of nitrogens with zero attached hydrogens (tertiary/aromatic N) is 4. The highest BCUT2D eigenvalue weighted by Crippen LogP contribution is 2.56. The minimum Gasteiger partial charge on any atom is -0.432 e. The number of nitrogens with two attached hydrogens (primary N) is 1. The van der Waals surface area contributed by atoms with Crippen LogP contribution in [0.15, 0.2) is 12.7 Å². The largest absolute Gasteiger partial charge is 0.510 e. The number of aromatic nitrogens is 4. The van der Waals surface area contributed by atoms with E-state index >= 15 is 0 Å². The normalized spacial score (nSPS) is 11.7. The van der Waals surface area contributed by atoms with Crippen LogP contribution < -0.4 is 5.73 Å². The third-order valence-corrected chi connectivity index (χ3v) is 5.21. The van der Waals surface area contributed by atoms with E-state index in [1.54, 1.807) is 32.3 Å². The molecule has 0 radical (unpaired) electrons. The molecule has 2 rings (SSSR count). The summed E-state index contributed by atoms with van der Waals surface area (Å²) in [5.74, 6) is 0.249. The predicted molar refractivity (Wildman–Crippen MR) is 117 cm³/mol. The third kappa shape index (κ3) is 9.19. The van der Waals surface area contributed by atoms with Crippen molar-refractivity contribution in [3.8, 4) is 0 Å². The molecule has 0 aliphatic carbocycles. The van der Waals surface area contributed by atoms with Crippen LogP contribution >= 0.6 is 7.94 Å². The van der Waals surface area contributed by atoms with Crippen LogP contribution in [0.4, 0.5) is 15.4 Å². The van der Waals surface area contributed by atoms with Gasteiger partial charge in [-0.2, -0.15) is 4.89 Å². The van der Waals surface area contributed by atoms with E-state index < -0.39 is 52.4 Å². The molecule has 3 N–H and O–H groups in total. The number of nitrogen functional groups attached to an aromatic ring is 1. The third-order valence-electron chi connectivity index (χ3n) is 3.69. The summed E-state index contributed by atoms with van der Waals surface area (Å²) in [7, 11) is -3.77. The second-order valence-electron chi connectivity index (χ2n) is 7.16. The van der Waals surface area contributed by atoms with Gasteiger partial charge in [0.2, 0.25) is 19.9 Å². The number of hydrogen-bond acceptors (Lipinski definition) is 14. The van der Waals surface area contributed by atoms with Crippen molar-refractivity contribution in [2.45, 2.75) is 46.4 Å². The van der Waals surface area contributed by atoms with Gasteiger partial charge < -0.3 is 34.0 Å². The van der Waals surface area contributed by atoms with Crippen molar-refractivity contribution in [1.82, 2.24) is 19.5 Å². The molecule has 0 saturated heterocycles. The summed E-state index contributed by atoms with van der Waals surface area (Å²) >= 11 is 0. The van der Waals surface area contributed by atoms with E-state index in [0.717, 1.165) is 0 Å². The van der Waals surface area contributed by atoms with Crippen molar-refractivity contribution in [3.05, 3.63) is 12.7 Å². The fourth-order valence-electron chi connectivity index (χ4n) is 2.28. The predicted octanol–water partition coefficient (Wildman–Crippen LogP) is 2.21. The smallest absolute Gasteiger partial charge is 0.432 e. The fourth-order valence-corrected chi connectivity index (χ4v) is 3.30. The monoisotopic (exact) mass is 506 g/mol. The molecule has 0 spiro atoms. The van der Waals surface area contributed by atoms with E-state index in [-0.39, 0.29) is 12.4 Å². The van der Waals surface area contributed by atoms with Crippen LogP contribution in [0, 0.1) is 0 Å². The van der Waals surface area contributed by atoms with Crippen molar-refractivity contribution in [1.29, 1.82) is 0 Å². The highest BCUT2D eigenvalue weighted by molar-refractivity contribution is 7.60. The molecule has 2 heterocycles. The number of anilines is 1. The van der Waals surface area contributed by atoms with Gasteiger partial charge in [-0.25, -0.2) is 24.5 Å². The number of rotatable bonds is 13. The number of hydrogen-bond donors (Lipinski definition) is 2. The van der Waals surface area contributed by atoms with Gasteiger partial charge in [0.25, 0.3) is 0 Å². The highest BCUT2D eigenvalue weighted by atomic mass is 31.2. The summed E-state index contributed by atoms with van der Waals surface area (Å²) in [6, 6.07) is 0. The molecule has 0 aliphatic rings. The van der Waals surface area contributed by atoms with Crippen LogP contribution in [-0.4, -0.2) is 75.5 Å². The van der Waals surface area contributed by atoms with Crippen LogP contribution in [0.2, 0.25) is 0 Å². The Balaban J connectivity index is 1.88. The van der Waals surface area contributed by atoms with Crippen molar-refractivity contribution >= 4 is 37.2 Å². The molecular formula is C18H29N5O10P+. The molecule has 0 aliphatic heterocycles. The van der Waals surface area contributed by atoms with E-state index in [1.165, 1.54) is 12.7 Å². The molecule has 0 unspecified atom stereocenters. The van der Waals surface area contributed by atoms with Crippen LogP contribution in [0.3, 0.4) is 0 Å². The summed E-state index contributed by atoms with van der Waals surface area (Å²) in [6.07, 6.45) is -0.378. The molecule has 0 fully saturated rings. The van der Waals surface area contributed by atoms with E-state index in [2.05, 4.69) is 15.0 Å². The molecule has 190 valence electrons. The van der Waals surface area contributed by atoms with Crippen molar-refractivity contribution in [2.75, 3.05) is 32.3 Å². The molecule has 0 amide bonds. The zero-order valence-electron chi connectivity index (χ0n) is 19.3. The van der Waals surface area contributed by atoms with Crippen LogP contribution in [0.1, 0.15) is 27.7 Å². The minimum atomic E-state index is -3.77. The first-order chi connectivity index (χ1) is 16.1. The first-order valence-electron chi connectivity index (χ1n) is 10.2. The Morgan fingerprint density at radius 1 is 1.03 bits per heavy atom. The quantitative estimate of drug-likeness (QED) is 0.174. The van der Waals surface area contributed by atoms with Gasteiger partial charge in [0.05, 0.1) is 25.1 Å². The zero-order chi connectivity index (χ0) is 25.1. The average Bonchev–Trinajstić information content (AvgIpc) is 3.14. The molecule has 0 saturated carbocycles. The van der Waals surface area contributed by atoms with Gasteiger partial charge in [-0.05, 0) is 27.7 Å². The van der Waals surface area contributed by atoms with Crippen molar-refractivity contribution in [3.63, 3.8) is 0 Å². The van der Waals surface area contributed by atoms with E-state index in [0.29, 0.717) is 17.7 Å². The summed E-state index contributed by atoms with van der Waals surface area (Å²) < 4.78 is 36.6. The Bertz CT molecular complexity index is 913. The topological polar surface area (TPSA) is 189 Å². The maximum absolute atomic E-state index is 11.5. The lowest BCUT2D eigenvalue weighted by atomic mass is 10.5. The van der Waals surface area contributed by atoms with Gasteiger partial charge in [0, 0.05) is 6.54 Å². The lowest BCUT2D eigenvalue weighted by molar-refractivity contribution is -0.0415.